The summed E-state index contributed by atoms with van der Waals surface area (Å²) in [7, 11) is 0. The van der Waals surface area contributed by atoms with Crippen LogP contribution in [0.3, 0.4) is 0 Å². The lowest BCUT2D eigenvalue weighted by atomic mass is 9.89. The van der Waals surface area contributed by atoms with E-state index in [-0.39, 0.29) is 5.02 Å². The molecule has 1 fully saturated rings. The van der Waals surface area contributed by atoms with Crippen molar-refractivity contribution in [3.8, 4) is 11.1 Å². The predicted molar refractivity (Wildman–Crippen MR) is 122 cm³/mol. The normalized spacial score (nSPS) is 16.8. The van der Waals surface area contributed by atoms with E-state index in [4.69, 9.17) is 22.1 Å². The number of ether oxygens (including phenoxy) is 1. The first-order chi connectivity index (χ1) is 15.5. The summed E-state index contributed by atoms with van der Waals surface area (Å²) in [5, 5.41) is 1.01. The molecule has 2 aromatic carbocycles. The van der Waals surface area contributed by atoms with E-state index >= 15 is 0 Å². The minimum Gasteiger partial charge on any atom is -0.377 e. The van der Waals surface area contributed by atoms with Gasteiger partial charge in [0.15, 0.2) is 0 Å². The quantitative estimate of drug-likeness (QED) is 0.502. The van der Waals surface area contributed by atoms with Crippen LogP contribution in [-0.4, -0.2) is 34.7 Å². The zero-order valence-electron chi connectivity index (χ0n) is 17.1. The van der Waals surface area contributed by atoms with E-state index in [1.807, 2.05) is 18.3 Å². The van der Waals surface area contributed by atoms with E-state index in [0.717, 1.165) is 51.1 Å². The lowest BCUT2D eigenvalue weighted by molar-refractivity contribution is -0.0570. The van der Waals surface area contributed by atoms with Crippen molar-refractivity contribution < 1.29 is 9.13 Å². The Morgan fingerprint density at radius 3 is 2.75 bits per heavy atom. The summed E-state index contributed by atoms with van der Waals surface area (Å²) in [6.45, 7) is 1.68. The van der Waals surface area contributed by atoms with Crippen LogP contribution in [0, 0.1) is 5.82 Å². The summed E-state index contributed by atoms with van der Waals surface area (Å²) in [6.07, 6.45) is 5.90. The predicted octanol–water partition coefficient (Wildman–Crippen LogP) is 4.36. The molecule has 0 radical (unpaired) electrons. The van der Waals surface area contributed by atoms with Crippen molar-refractivity contribution in [1.29, 1.82) is 0 Å². The van der Waals surface area contributed by atoms with E-state index in [9.17, 15) is 4.39 Å². The van der Waals surface area contributed by atoms with Gasteiger partial charge in [-0.3, -0.25) is 4.98 Å². The Hall–Kier alpha value is -3.13. The molecule has 0 unspecified atom stereocenters. The van der Waals surface area contributed by atoms with Crippen LogP contribution >= 0.6 is 11.6 Å². The van der Waals surface area contributed by atoms with Crippen molar-refractivity contribution in [1.82, 2.24) is 15.0 Å². The molecule has 2 aliphatic heterocycles. The minimum absolute atomic E-state index is 0.105. The first-order valence-corrected chi connectivity index (χ1v) is 10.7. The van der Waals surface area contributed by atoms with Crippen molar-refractivity contribution in [3.05, 3.63) is 77.1 Å². The lowest BCUT2D eigenvalue weighted by Gasteiger charge is -2.38. The molecule has 0 aliphatic carbocycles. The Kier molecular flexibility index (Phi) is 4.40. The van der Waals surface area contributed by atoms with Gasteiger partial charge >= 0.3 is 0 Å². The van der Waals surface area contributed by atoms with Crippen LogP contribution in [0.15, 0.2) is 55.1 Å². The molecule has 0 spiro atoms. The zero-order valence-corrected chi connectivity index (χ0v) is 17.8. The average molecular weight is 448 g/mol. The highest BCUT2D eigenvalue weighted by molar-refractivity contribution is 6.31. The maximum atomic E-state index is 13.9. The Bertz CT molecular complexity index is 1370. The minimum atomic E-state index is -0.484. The molecule has 0 saturated carbocycles. The van der Waals surface area contributed by atoms with Gasteiger partial charge in [-0.1, -0.05) is 17.7 Å². The second-order valence-electron chi connectivity index (χ2n) is 8.34. The van der Waals surface area contributed by atoms with Gasteiger partial charge in [0.25, 0.3) is 0 Å². The van der Waals surface area contributed by atoms with Gasteiger partial charge in [-0.05, 0) is 53.4 Å². The number of aromatic nitrogens is 3. The van der Waals surface area contributed by atoms with Gasteiger partial charge in [0, 0.05) is 35.6 Å². The van der Waals surface area contributed by atoms with Crippen LogP contribution in [-0.2, 0) is 16.7 Å². The van der Waals surface area contributed by atoms with E-state index in [1.54, 1.807) is 18.6 Å². The molecule has 2 N–H and O–H groups in total. The molecule has 160 valence electrons. The van der Waals surface area contributed by atoms with Crippen LogP contribution in [0.25, 0.3) is 22.0 Å². The molecule has 0 amide bonds. The third-order valence-electron chi connectivity index (χ3n) is 6.25. The summed E-state index contributed by atoms with van der Waals surface area (Å²) in [4.78, 5) is 15.5. The van der Waals surface area contributed by atoms with Gasteiger partial charge in [-0.2, -0.15) is 0 Å². The molecule has 32 heavy (non-hydrogen) atoms. The van der Waals surface area contributed by atoms with Crippen LogP contribution in [0.2, 0.25) is 5.02 Å². The van der Waals surface area contributed by atoms with Crippen LogP contribution in [0.4, 0.5) is 15.9 Å². The maximum absolute atomic E-state index is 13.9. The summed E-state index contributed by atoms with van der Waals surface area (Å²) < 4.78 is 19.2. The largest absolute Gasteiger partial charge is 0.377 e. The molecule has 2 aliphatic rings. The Morgan fingerprint density at radius 1 is 1.06 bits per heavy atom. The van der Waals surface area contributed by atoms with E-state index in [1.165, 1.54) is 6.07 Å². The highest BCUT2D eigenvalue weighted by Gasteiger charge is 2.36. The molecule has 6 rings (SSSR count). The number of fused-ring (bicyclic) bond motifs is 2. The molecule has 0 bridgehead atoms. The van der Waals surface area contributed by atoms with Crippen LogP contribution in [0.5, 0.6) is 0 Å². The van der Waals surface area contributed by atoms with E-state index in [2.05, 4.69) is 32.0 Å². The van der Waals surface area contributed by atoms with Gasteiger partial charge in [-0.15, -0.1) is 0 Å². The highest BCUT2D eigenvalue weighted by Crippen LogP contribution is 2.40. The molecule has 2 aromatic heterocycles. The Morgan fingerprint density at radius 2 is 1.94 bits per heavy atom. The Labute approximate surface area is 188 Å². The maximum Gasteiger partial charge on any atom is 0.144 e. The van der Waals surface area contributed by atoms with Crippen molar-refractivity contribution in [2.24, 2.45) is 5.73 Å². The van der Waals surface area contributed by atoms with Crippen molar-refractivity contribution >= 4 is 34.0 Å². The monoisotopic (exact) mass is 447 g/mol. The molecule has 6 nitrogen and oxygen atoms in total. The molecule has 4 heterocycles. The third-order valence-corrected chi connectivity index (χ3v) is 6.54. The molecular formula is C24H19ClFN5O. The highest BCUT2D eigenvalue weighted by atomic mass is 35.5. The summed E-state index contributed by atoms with van der Waals surface area (Å²) in [5.41, 5.74) is 11.4. The summed E-state index contributed by atoms with van der Waals surface area (Å²) >= 11 is 6.08. The second-order valence-corrected chi connectivity index (χ2v) is 8.74. The van der Waals surface area contributed by atoms with Gasteiger partial charge < -0.3 is 15.4 Å². The number of hydrogen-bond acceptors (Lipinski definition) is 6. The smallest absolute Gasteiger partial charge is 0.144 e. The number of anilines is 2. The SMILES string of the molecule is NC1(c2cncc(-c3ccc4ncnc(N5CCc6cc(F)c(Cl)cc65)c4c3)c2)COC1. The molecule has 1 saturated heterocycles. The van der Waals surface area contributed by atoms with Crippen molar-refractivity contribution in [2.75, 3.05) is 24.7 Å². The lowest BCUT2D eigenvalue weighted by Crippen LogP contribution is -2.54. The summed E-state index contributed by atoms with van der Waals surface area (Å²) in [6, 6.07) is 11.3. The van der Waals surface area contributed by atoms with Gasteiger partial charge in [0.05, 0.1) is 29.3 Å². The average Bonchev–Trinajstić information content (AvgIpc) is 3.19. The Balaban J connectivity index is 1.46. The van der Waals surface area contributed by atoms with Gasteiger partial charge in [0.1, 0.15) is 18.0 Å². The van der Waals surface area contributed by atoms with Crippen LogP contribution in [0.1, 0.15) is 11.1 Å². The van der Waals surface area contributed by atoms with Gasteiger partial charge in [-0.25, -0.2) is 14.4 Å². The van der Waals surface area contributed by atoms with E-state index < -0.39 is 11.4 Å². The first-order valence-electron chi connectivity index (χ1n) is 10.3. The van der Waals surface area contributed by atoms with Gasteiger partial charge in [0.2, 0.25) is 0 Å². The number of hydrogen-bond donors (Lipinski definition) is 1. The fourth-order valence-corrected chi connectivity index (χ4v) is 4.56. The second kappa shape index (κ2) is 7.20. The summed E-state index contributed by atoms with van der Waals surface area (Å²) in [5.74, 6) is 0.370. The molecule has 0 atom stereocenters. The van der Waals surface area contributed by atoms with Crippen molar-refractivity contribution in [3.63, 3.8) is 0 Å². The number of benzene rings is 2. The van der Waals surface area contributed by atoms with Crippen LogP contribution < -0.4 is 10.6 Å². The fourth-order valence-electron chi connectivity index (χ4n) is 4.40. The standard InChI is InChI=1S/C24H19ClFN5O/c25-19-8-22-15(7-20(19)26)3-4-31(22)23-18-6-14(1-2-21(18)29-13-30-23)16-5-17(10-28-9-16)24(27)11-32-12-24/h1-2,5-10,13H,3-4,11-12,27H2. The molecule has 4 aromatic rings. The fraction of sp³-hybridized carbons (Fsp3) is 0.208. The van der Waals surface area contributed by atoms with E-state index in [0.29, 0.717) is 19.8 Å². The number of nitrogens with two attached hydrogens (primary N) is 1. The topological polar surface area (TPSA) is 77.2 Å². The van der Waals surface area contributed by atoms with Crippen molar-refractivity contribution in [2.45, 2.75) is 12.0 Å². The number of pyridine rings is 1. The number of nitrogens with zero attached hydrogens (tertiary/aromatic N) is 4. The number of rotatable bonds is 3. The molecular weight excluding hydrogens is 429 g/mol. The number of halogens is 2. The zero-order chi connectivity index (χ0) is 21.9. The first kappa shape index (κ1) is 19.5. The third kappa shape index (κ3) is 3.04. The molecule has 8 heteroatoms.